The zero-order valence-electron chi connectivity index (χ0n) is 11.9. The normalized spacial score (nSPS) is 10.5. The lowest BCUT2D eigenvalue weighted by atomic mass is 10.1. The summed E-state index contributed by atoms with van der Waals surface area (Å²) in [6.45, 7) is 0. The molecule has 2 aromatic carbocycles. The SMILES string of the molecule is O=c1ccc(Cc2cccc(Oc3ccc(Cl)c(Cl)c3)c2)n[nH]1. The van der Waals surface area contributed by atoms with Crippen molar-refractivity contribution >= 4 is 23.2 Å². The number of benzene rings is 2. The van der Waals surface area contributed by atoms with E-state index in [4.69, 9.17) is 27.9 Å². The van der Waals surface area contributed by atoms with E-state index in [1.54, 1.807) is 24.3 Å². The Morgan fingerprint density at radius 2 is 1.78 bits per heavy atom. The monoisotopic (exact) mass is 346 g/mol. The molecule has 0 aliphatic carbocycles. The van der Waals surface area contributed by atoms with Crippen molar-refractivity contribution in [2.45, 2.75) is 6.42 Å². The van der Waals surface area contributed by atoms with Crippen molar-refractivity contribution < 1.29 is 4.74 Å². The van der Waals surface area contributed by atoms with Crippen LogP contribution in [0.1, 0.15) is 11.3 Å². The Kier molecular flexibility index (Phi) is 4.65. The van der Waals surface area contributed by atoms with E-state index in [-0.39, 0.29) is 5.56 Å². The summed E-state index contributed by atoms with van der Waals surface area (Å²) in [5.41, 5.74) is 1.57. The summed E-state index contributed by atoms with van der Waals surface area (Å²) >= 11 is 11.9. The van der Waals surface area contributed by atoms with Crippen molar-refractivity contribution in [3.05, 3.63) is 86.3 Å². The maximum absolute atomic E-state index is 11.0. The van der Waals surface area contributed by atoms with Gasteiger partial charge in [0.2, 0.25) is 0 Å². The second kappa shape index (κ2) is 6.86. The Bertz CT molecular complexity index is 873. The van der Waals surface area contributed by atoms with E-state index in [9.17, 15) is 4.79 Å². The first-order valence-corrected chi connectivity index (χ1v) is 7.62. The van der Waals surface area contributed by atoms with Crippen LogP contribution in [0.15, 0.2) is 59.4 Å². The van der Waals surface area contributed by atoms with Crippen LogP contribution in [0.4, 0.5) is 0 Å². The van der Waals surface area contributed by atoms with E-state index in [0.717, 1.165) is 11.3 Å². The Labute approximate surface area is 142 Å². The summed E-state index contributed by atoms with van der Waals surface area (Å²) in [7, 11) is 0. The minimum absolute atomic E-state index is 0.217. The molecular weight excluding hydrogens is 335 g/mol. The average molecular weight is 347 g/mol. The number of hydrogen-bond acceptors (Lipinski definition) is 3. The largest absolute Gasteiger partial charge is 0.457 e. The molecule has 0 aliphatic rings. The van der Waals surface area contributed by atoms with Gasteiger partial charge in [-0.1, -0.05) is 35.3 Å². The van der Waals surface area contributed by atoms with Gasteiger partial charge in [-0.15, -0.1) is 0 Å². The number of ether oxygens (including phenoxy) is 1. The van der Waals surface area contributed by atoms with E-state index >= 15 is 0 Å². The fraction of sp³-hybridized carbons (Fsp3) is 0.0588. The zero-order chi connectivity index (χ0) is 16.2. The van der Waals surface area contributed by atoms with Gasteiger partial charge in [0.05, 0.1) is 15.7 Å². The number of nitrogens with zero attached hydrogens (tertiary/aromatic N) is 1. The van der Waals surface area contributed by atoms with Gasteiger partial charge in [0, 0.05) is 18.6 Å². The smallest absolute Gasteiger partial charge is 0.264 e. The third kappa shape index (κ3) is 4.12. The van der Waals surface area contributed by atoms with Crippen molar-refractivity contribution in [1.29, 1.82) is 0 Å². The number of nitrogens with one attached hydrogen (secondary N) is 1. The van der Waals surface area contributed by atoms with Crippen molar-refractivity contribution in [2.75, 3.05) is 0 Å². The molecule has 116 valence electrons. The maximum Gasteiger partial charge on any atom is 0.264 e. The molecule has 0 bridgehead atoms. The minimum atomic E-state index is -0.217. The van der Waals surface area contributed by atoms with E-state index in [2.05, 4.69) is 10.2 Å². The average Bonchev–Trinajstić information content (AvgIpc) is 2.54. The standard InChI is InChI=1S/C17H12Cl2N2O2/c18-15-6-5-14(10-16(15)19)23-13-3-1-2-11(9-13)8-12-4-7-17(22)21-20-12/h1-7,9-10H,8H2,(H,21,22). The molecule has 0 atom stereocenters. The highest BCUT2D eigenvalue weighted by Crippen LogP contribution is 2.29. The number of aromatic nitrogens is 2. The molecule has 0 saturated carbocycles. The summed E-state index contributed by atoms with van der Waals surface area (Å²) in [5.74, 6) is 1.30. The van der Waals surface area contributed by atoms with E-state index in [0.29, 0.717) is 28.0 Å². The molecule has 0 saturated heterocycles. The molecule has 23 heavy (non-hydrogen) atoms. The summed E-state index contributed by atoms with van der Waals surface area (Å²) in [4.78, 5) is 11.0. The van der Waals surface area contributed by atoms with E-state index in [1.165, 1.54) is 6.07 Å². The van der Waals surface area contributed by atoms with Gasteiger partial charge >= 0.3 is 0 Å². The first-order valence-electron chi connectivity index (χ1n) is 6.86. The second-order valence-electron chi connectivity index (χ2n) is 4.91. The Morgan fingerprint density at radius 3 is 2.52 bits per heavy atom. The number of halogens is 2. The first kappa shape index (κ1) is 15.6. The van der Waals surface area contributed by atoms with Crippen LogP contribution < -0.4 is 10.3 Å². The predicted molar refractivity (Wildman–Crippen MR) is 90.6 cm³/mol. The highest BCUT2D eigenvalue weighted by atomic mass is 35.5. The van der Waals surface area contributed by atoms with Crippen LogP contribution in [0, 0.1) is 0 Å². The molecule has 0 aliphatic heterocycles. The van der Waals surface area contributed by atoms with Gasteiger partial charge in [-0.3, -0.25) is 4.79 Å². The summed E-state index contributed by atoms with van der Waals surface area (Å²) in [6, 6.07) is 15.9. The zero-order valence-corrected chi connectivity index (χ0v) is 13.4. The lowest BCUT2D eigenvalue weighted by Crippen LogP contribution is -2.07. The van der Waals surface area contributed by atoms with Gasteiger partial charge in [-0.05, 0) is 35.9 Å². The molecule has 1 N–H and O–H groups in total. The van der Waals surface area contributed by atoms with Crippen LogP contribution >= 0.6 is 23.2 Å². The molecule has 1 heterocycles. The van der Waals surface area contributed by atoms with Gasteiger partial charge in [0.25, 0.3) is 5.56 Å². The van der Waals surface area contributed by atoms with Gasteiger partial charge in [0.15, 0.2) is 0 Å². The number of aromatic amines is 1. The summed E-state index contributed by atoms with van der Waals surface area (Å²) in [5, 5.41) is 7.35. The highest BCUT2D eigenvalue weighted by Gasteiger charge is 2.04. The summed E-state index contributed by atoms with van der Waals surface area (Å²) in [6.07, 6.45) is 0.593. The van der Waals surface area contributed by atoms with Crippen molar-refractivity contribution in [3.8, 4) is 11.5 Å². The quantitative estimate of drug-likeness (QED) is 0.758. The molecule has 3 rings (SSSR count). The molecule has 4 nitrogen and oxygen atoms in total. The molecule has 0 amide bonds. The predicted octanol–water partition coefficient (Wildman–Crippen LogP) is 4.46. The van der Waals surface area contributed by atoms with E-state index < -0.39 is 0 Å². The van der Waals surface area contributed by atoms with Crippen LogP contribution in [0.25, 0.3) is 0 Å². The van der Waals surface area contributed by atoms with Crippen molar-refractivity contribution in [1.82, 2.24) is 10.2 Å². The van der Waals surface area contributed by atoms with Crippen LogP contribution in [0.2, 0.25) is 10.0 Å². The topological polar surface area (TPSA) is 55.0 Å². The molecule has 3 aromatic rings. The molecular formula is C17H12Cl2N2O2. The fourth-order valence-corrected chi connectivity index (χ4v) is 2.36. The van der Waals surface area contributed by atoms with Crippen LogP contribution in [-0.4, -0.2) is 10.2 Å². The summed E-state index contributed by atoms with van der Waals surface area (Å²) < 4.78 is 5.79. The van der Waals surface area contributed by atoms with Crippen molar-refractivity contribution in [2.24, 2.45) is 0 Å². The molecule has 0 spiro atoms. The molecule has 1 aromatic heterocycles. The van der Waals surface area contributed by atoms with Crippen LogP contribution in [0.3, 0.4) is 0 Å². The minimum Gasteiger partial charge on any atom is -0.457 e. The number of H-pyrrole nitrogens is 1. The fourth-order valence-electron chi connectivity index (χ4n) is 2.08. The lowest BCUT2D eigenvalue weighted by molar-refractivity contribution is 0.482. The molecule has 0 fully saturated rings. The first-order chi connectivity index (χ1) is 11.1. The number of rotatable bonds is 4. The second-order valence-corrected chi connectivity index (χ2v) is 5.73. The molecule has 6 heteroatoms. The van der Waals surface area contributed by atoms with Crippen LogP contribution in [-0.2, 0) is 6.42 Å². The Hall–Kier alpha value is -2.30. The lowest BCUT2D eigenvalue weighted by Gasteiger charge is -2.08. The number of hydrogen-bond donors (Lipinski definition) is 1. The molecule has 0 unspecified atom stereocenters. The third-order valence-electron chi connectivity index (χ3n) is 3.15. The van der Waals surface area contributed by atoms with Gasteiger partial charge in [-0.2, -0.15) is 5.10 Å². The van der Waals surface area contributed by atoms with Crippen LogP contribution in [0.5, 0.6) is 11.5 Å². The third-order valence-corrected chi connectivity index (χ3v) is 3.89. The highest BCUT2D eigenvalue weighted by molar-refractivity contribution is 6.42. The van der Waals surface area contributed by atoms with Crippen molar-refractivity contribution in [3.63, 3.8) is 0 Å². The molecule has 0 radical (unpaired) electrons. The van der Waals surface area contributed by atoms with Gasteiger partial charge < -0.3 is 4.74 Å². The Balaban J connectivity index is 1.77. The van der Waals surface area contributed by atoms with Gasteiger partial charge in [-0.25, -0.2) is 5.10 Å². The Morgan fingerprint density at radius 1 is 0.957 bits per heavy atom. The van der Waals surface area contributed by atoms with Gasteiger partial charge in [0.1, 0.15) is 11.5 Å². The van der Waals surface area contributed by atoms with E-state index in [1.807, 2.05) is 24.3 Å². The maximum atomic E-state index is 11.0.